The Kier molecular flexibility index (Phi) is 3.91. The highest BCUT2D eigenvalue weighted by Crippen LogP contribution is 2.24. The summed E-state index contributed by atoms with van der Waals surface area (Å²) in [6.07, 6.45) is 0. The molecule has 0 aromatic heterocycles. The third kappa shape index (κ3) is 2.46. The molecule has 0 saturated heterocycles. The van der Waals surface area contributed by atoms with Gasteiger partial charge in [0.15, 0.2) is 0 Å². The summed E-state index contributed by atoms with van der Waals surface area (Å²) in [6, 6.07) is 5.01. The highest BCUT2D eigenvalue weighted by atomic mass is 32.2. The zero-order valence-electron chi connectivity index (χ0n) is 8.15. The SMILES string of the molecule is COCS(=O)c1ccc(N)cc1OC. The van der Waals surface area contributed by atoms with Gasteiger partial charge in [-0.25, -0.2) is 0 Å². The number of benzene rings is 1. The Morgan fingerprint density at radius 2 is 2.14 bits per heavy atom. The minimum absolute atomic E-state index is 0.153. The van der Waals surface area contributed by atoms with E-state index in [9.17, 15) is 4.21 Å². The second-order valence-electron chi connectivity index (χ2n) is 2.66. The third-order valence-corrected chi connectivity index (χ3v) is 2.94. The zero-order valence-corrected chi connectivity index (χ0v) is 8.97. The van der Waals surface area contributed by atoms with Gasteiger partial charge >= 0.3 is 0 Å². The molecule has 0 amide bonds. The summed E-state index contributed by atoms with van der Waals surface area (Å²) in [4.78, 5) is 0.601. The summed E-state index contributed by atoms with van der Waals surface area (Å²) in [6.45, 7) is 0. The smallest absolute Gasteiger partial charge is 0.137 e. The van der Waals surface area contributed by atoms with Crippen molar-refractivity contribution in [2.24, 2.45) is 0 Å². The number of hydrogen-bond acceptors (Lipinski definition) is 4. The molecule has 0 fully saturated rings. The van der Waals surface area contributed by atoms with E-state index in [4.69, 9.17) is 15.2 Å². The lowest BCUT2D eigenvalue weighted by Crippen LogP contribution is -2.02. The molecule has 2 N–H and O–H groups in total. The van der Waals surface area contributed by atoms with Crippen molar-refractivity contribution < 1.29 is 13.7 Å². The Balaban J connectivity index is 3.01. The van der Waals surface area contributed by atoms with Gasteiger partial charge in [-0.15, -0.1) is 0 Å². The molecular weight excluding hydrogens is 202 g/mol. The Morgan fingerprint density at radius 3 is 2.71 bits per heavy atom. The molecular formula is C9H13NO3S. The zero-order chi connectivity index (χ0) is 10.6. The average molecular weight is 215 g/mol. The standard InChI is InChI=1S/C9H13NO3S/c1-12-6-14(11)9-4-3-7(10)5-8(9)13-2/h3-5H,6,10H2,1-2H3. The minimum Gasteiger partial charge on any atom is -0.495 e. The summed E-state index contributed by atoms with van der Waals surface area (Å²) in [5.74, 6) is 0.681. The van der Waals surface area contributed by atoms with Gasteiger partial charge in [-0.3, -0.25) is 4.21 Å². The fraction of sp³-hybridized carbons (Fsp3) is 0.333. The maximum atomic E-state index is 11.6. The second-order valence-corrected chi connectivity index (χ2v) is 4.03. The van der Waals surface area contributed by atoms with Crippen LogP contribution in [-0.4, -0.2) is 24.4 Å². The summed E-state index contributed by atoms with van der Waals surface area (Å²) in [5.41, 5.74) is 6.15. The molecule has 1 rings (SSSR count). The predicted molar refractivity (Wildman–Crippen MR) is 55.7 cm³/mol. The number of ether oxygens (including phenoxy) is 2. The summed E-state index contributed by atoms with van der Waals surface area (Å²) >= 11 is 0. The highest BCUT2D eigenvalue weighted by molar-refractivity contribution is 7.85. The molecule has 4 nitrogen and oxygen atoms in total. The molecule has 0 spiro atoms. The fourth-order valence-corrected chi connectivity index (χ4v) is 1.97. The van der Waals surface area contributed by atoms with Gasteiger partial charge in [-0.1, -0.05) is 0 Å². The molecule has 1 aromatic carbocycles. The molecule has 0 bridgehead atoms. The topological polar surface area (TPSA) is 61.5 Å². The van der Waals surface area contributed by atoms with Crippen LogP contribution in [0, 0.1) is 0 Å². The van der Waals surface area contributed by atoms with E-state index in [0.29, 0.717) is 16.3 Å². The van der Waals surface area contributed by atoms with Gasteiger partial charge in [0.2, 0.25) is 0 Å². The van der Waals surface area contributed by atoms with Crippen LogP contribution in [0.4, 0.5) is 5.69 Å². The van der Waals surface area contributed by atoms with E-state index in [1.165, 1.54) is 14.2 Å². The molecule has 1 aromatic rings. The Morgan fingerprint density at radius 1 is 1.43 bits per heavy atom. The van der Waals surface area contributed by atoms with Gasteiger partial charge < -0.3 is 15.2 Å². The van der Waals surface area contributed by atoms with Crippen LogP contribution in [0.3, 0.4) is 0 Å². The van der Waals surface area contributed by atoms with Crippen molar-refractivity contribution in [1.29, 1.82) is 0 Å². The molecule has 0 heterocycles. The van der Waals surface area contributed by atoms with E-state index >= 15 is 0 Å². The van der Waals surface area contributed by atoms with Crippen molar-refractivity contribution in [2.75, 3.05) is 25.9 Å². The molecule has 14 heavy (non-hydrogen) atoms. The van der Waals surface area contributed by atoms with Crippen molar-refractivity contribution in [3.63, 3.8) is 0 Å². The van der Waals surface area contributed by atoms with E-state index in [0.717, 1.165) is 0 Å². The van der Waals surface area contributed by atoms with E-state index in [1.807, 2.05) is 0 Å². The molecule has 1 atom stereocenters. The molecule has 5 heteroatoms. The van der Waals surface area contributed by atoms with Crippen LogP contribution < -0.4 is 10.5 Å². The molecule has 1 unspecified atom stereocenters. The second kappa shape index (κ2) is 4.97. The van der Waals surface area contributed by atoms with Crippen LogP contribution >= 0.6 is 0 Å². The van der Waals surface area contributed by atoms with Crippen molar-refractivity contribution >= 4 is 16.5 Å². The monoisotopic (exact) mass is 215 g/mol. The number of nitrogen functional groups attached to an aromatic ring is 1. The fourth-order valence-electron chi connectivity index (χ4n) is 1.04. The van der Waals surface area contributed by atoms with E-state index in [-0.39, 0.29) is 5.94 Å². The lowest BCUT2D eigenvalue weighted by molar-refractivity contribution is 0.254. The first-order chi connectivity index (χ1) is 6.69. The summed E-state index contributed by atoms with van der Waals surface area (Å²) in [5, 5.41) is 0. The number of hydrogen-bond donors (Lipinski definition) is 1. The Bertz CT molecular complexity index is 341. The maximum Gasteiger partial charge on any atom is 0.137 e. The van der Waals surface area contributed by atoms with Gasteiger partial charge in [-0.05, 0) is 12.1 Å². The summed E-state index contributed by atoms with van der Waals surface area (Å²) < 4.78 is 21.5. The van der Waals surface area contributed by atoms with Gasteiger partial charge in [0.05, 0.1) is 22.8 Å². The molecule has 0 aliphatic carbocycles. The van der Waals surface area contributed by atoms with Gasteiger partial charge in [-0.2, -0.15) is 0 Å². The van der Waals surface area contributed by atoms with E-state index in [1.54, 1.807) is 18.2 Å². The highest BCUT2D eigenvalue weighted by Gasteiger charge is 2.10. The normalized spacial score (nSPS) is 12.4. The first kappa shape index (κ1) is 11.0. The number of rotatable bonds is 4. The molecule has 78 valence electrons. The van der Waals surface area contributed by atoms with Crippen LogP contribution in [-0.2, 0) is 15.5 Å². The van der Waals surface area contributed by atoms with Gasteiger partial charge in [0.1, 0.15) is 11.7 Å². The number of nitrogens with two attached hydrogens (primary N) is 1. The molecule has 0 saturated carbocycles. The molecule has 0 aliphatic rings. The third-order valence-electron chi connectivity index (χ3n) is 1.66. The van der Waals surface area contributed by atoms with Crippen LogP contribution in [0.25, 0.3) is 0 Å². The van der Waals surface area contributed by atoms with Gasteiger partial charge in [0.25, 0.3) is 0 Å². The van der Waals surface area contributed by atoms with Crippen molar-refractivity contribution in [2.45, 2.75) is 4.90 Å². The van der Waals surface area contributed by atoms with Crippen LogP contribution in [0.15, 0.2) is 23.1 Å². The first-order valence-electron chi connectivity index (χ1n) is 4.00. The quantitative estimate of drug-likeness (QED) is 0.761. The van der Waals surface area contributed by atoms with Crippen molar-refractivity contribution in [3.05, 3.63) is 18.2 Å². The number of anilines is 1. The van der Waals surface area contributed by atoms with Crippen molar-refractivity contribution in [3.8, 4) is 5.75 Å². The van der Waals surface area contributed by atoms with Crippen molar-refractivity contribution in [1.82, 2.24) is 0 Å². The lowest BCUT2D eigenvalue weighted by atomic mass is 10.3. The minimum atomic E-state index is -1.21. The Hall–Kier alpha value is -1.07. The Labute approximate surface area is 85.5 Å². The van der Waals surface area contributed by atoms with Crippen LogP contribution in [0.2, 0.25) is 0 Å². The summed E-state index contributed by atoms with van der Waals surface area (Å²) in [7, 11) is 1.81. The van der Waals surface area contributed by atoms with Crippen LogP contribution in [0.5, 0.6) is 5.75 Å². The largest absolute Gasteiger partial charge is 0.495 e. The van der Waals surface area contributed by atoms with Gasteiger partial charge in [0, 0.05) is 18.9 Å². The first-order valence-corrected chi connectivity index (χ1v) is 5.31. The maximum absolute atomic E-state index is 11.6. The molecule has 0 aliphatic heterocycles. The van der Waals surface area contributed by atoms with E-state index in [2.05, 4.69) is 0 Å². The average Bonchev–Trinajstić information content (AvgIpc) is 2.17. The molecule has 0 radical (unpaired) electrons. The van der Waals surface area contributed by atoms with E-state index < -0.39 is 10.8 Å². The number of methoxy groups -OCH3 is 2. The van der Waals surface area contributed by atoms with Crippen LogP contribution in [0.1, 0.15) is 0 Å². The predicted octanol–water partition coefficient (Wildman–Crippen LogP) is 0.989. The lowest BCUT2D eigenvalue weighted by Gasteiger charge is -2.08.